The van der Waals surface area contributed by atoms with Gasteiger partial charge in [-0.05, 0) is 45.5 Å². The van der Waals surface area contributed by atoms with Crippen molar-refractivity contribution in [1.29, 1.82) is 5.26 Å². The van der Waals surface area contributed by atoms with Crippen LogP contribution in [0.1, 0.15) is 40.5 Å². The predicted molar refractivity (Wildman–Crippen MR) is 132 cm³/mol. The van der Waals surface area contributed by atoms with Crippen LogP contribution in [0.25, 0.3) is 0 Å². The fourth-order valence-corrected chi connectivity index (χ4v) is 3.93. The molecule has 0 saturated carbocycles. The second kappa shape index (κ2) is 11.4. The van der Waals surface area contributed by atoms with E-state index in [-0.39, 0.29) is 30.5 Å². The number of nitriles is 1. The second-order valence-electron chi connectivity index (χ2n) is 8.44. The van der Waals surface area contributed by atoms with E-state index >= 15 is 0 Å². The Labute approximate surface area is 204 Å². The Balaban J connectivity index is 1.86. The van der Waals surface area contributed by atoms with Crippen LogP contribution in [-0.2, 0) is 17.8 Å². The summed E-state index contributed by atoms with van der Waals surface area (Å²) < 4.78 is 0. The molecule has 1 aliphatic rings. The third kappa shape index (κ3) is 5.91. The molecule has 0 unspecified atom stereocenters. The zero-order valence-electron chi connectivity index (χ0n) is 20.5. The Morgan fingerprint density at radius 1 is 1.31 bits per heavy atom. The third-order valence-corrected chi connectivity index (χ3v) is 5.71. The lowest BCUT2D eigenvalue weighted by atomic mass is 10.0. The minimum atomic E-state index is -0.432. The molecule has 0 bridgehead atoms. The van der Waals surface area contributed by atoms with Crippen molar-refractivity contribution in [3.8, 4) is 6.07 Å². The molecule has 3 amide bonds. The molecule has 1 aliphatic heterocycles. The molecular weight excluding hydrogens is 448 g/mol. The monoisotopic (exact) mass is 478 g/mol. The van der Waals surface area contributed by atoms with Gasteiger partial charge < -0.3 is 15.1 Å². The van der Waals surface area contributed by atoms with Crippen LogP contribution in [0.2, 0.25) is 0 Å². The van der Waals surface area contributed by atoms with Gasteiger partial charge in [0.25, 0.3) is 0 Å². The normalized spacial score (nSPS) is 12.5. The summed E-state index contributed by atoms with van der Waals surface area (Å²) in [6.07, 6.45) is 3.47. The first-order valence-corrected chi connectivity index (χ1v) is 11.4. The molecule has 0 aromatic carbocycles. The van der Waals surface area contributed by atoms with Crippen LogP contribution < -0.4 is 15.5 Å². The maximum atomic E-state index is 13.1. The van der Waals surface area contributed by atoms with E-state index in [4.69, 9.17) is 5.26 Å². The lowest BCUT2D eigenvalue weighted by molar-refractivity contribution is -0.132. The Hall–Kier alpha value is -4.04. The fourth-order valence-electron chi connectivity index (χ4n) is 3.93. The van der Waals surface area contributed by atoms with Gasteiger partial charge in [-0.25, -0.2) is 14.8 Å². The first-order valence-electron chi connectivity index (χ1n) is 11.4. The van der Waals surface area contributed by atoms with Gasteiger partial charge in [0, 0.05) is 44.5 Å². The topological polar surface area (TPSA) is 135 Å². The van der Waals surface area contributed by atoms with Crippen LogP contribution in [0.4, 0.5) is 22.1 Å². The predicted octanol–water partition coefficient (Wildman–Crippen LogP) is 2.10. The van der Waals surface area contributed by atoms with Crippen molar-refractivity contribution in [2.75, 3.05) is 56.3 Å². The van der Waals surface area contributed by atoms with Crippen molar-refractivity contribution in [3.63, 3.8) is 0 Å². The van der Waals surface area contributed by atoms with Crippen LogP contribution in [0.5, 0.6) is 0 Å². The highest BCUT2D eigenvalue weighted by atomic mass is 16.2. The molecule has 0 atom stereocenters. The zero-order valence-corrected chi connectivity index (χ0v) is 20.5. The minimum absolute atomic E-state index is 0.0380. The number of aromatic nitrogens is 2. The molecule has 2 aromatic heterocycles. The maximum Gasteiger partial charge on any atom is 0.328 e. The van der Waals surface area contributed by atoms with Gasteiger partial charge in [0.1, 0.15) is 23.4 Å². The van der Waals surface area contributed by atoms with E-state index in [1.807, 2.05) is 33.2 Å². The van der Waals surface area contributed by atoms with Crippen molar-refractivity contribution in [2.45, 2.75) is 26.3 Å². The Morgan fingerprint density at radius 3 is 2.71 bits per heavy atom. The van der Waals surface area contributed by atoms with Gasteiger partial charge in [-0.3, -0.25) is 19.8 Å². The lowest BCUT2D eigenvalue weighted by Gasteiger charge is -2.30. The highest BCUT2D eigenvalue weighted by Crippen LogP contribution is 2.28. The van der Waals surface area contributed by atoms with Crippen molar-refractivity contribution >= 4 is 35.5 Å². The number of urea groups is 1. The van der Waals surface area contributed by atoms with Crippen molar-refractivity contribution in [2.24, 2.45) is 0 Å². The quantitative estimate of drug-likeness (QED) is 0.551. The van der Waals surface area contributed by atoms with Gasteiger partial charge in [0.05, 0.1) is 17.8 Å². The first-order chi connectivity index (χ1) is 16.8. The molecule has 0 radical (unpaired) electrons. The second-order valence-corrected chi connectivity index (χ2v) is 8.44. The van der Waals surface area contributed by atoms with Crippen molar-refractivity contribution in [3.05, 3.63) is 40.7 Å². The molecule has 3 heterocycles. The number of anilines is 3. The number of rotatable bonds is 8. The summed E-state index contributed by atoms with van der Waals surface area (Å²) in [5.41, 5.74) is 2.61. The highest BCUT2D eigenvalue weighted by Gasteiger charge is 2.27. The lowest BCUT2D eigenvalue weighted by Crippen LogP contribution is -2.40. The number of amides is 3. The summed E-state index contributed by atoms with van der Waals surface area (Å²) in [6, 6.07) is 5.06. The van der Waals surface area contributed by atoms with Gasteiger partial charge in [0.2, 0.25) is 5.91 Å². The highest BCUT2D eigenvalue weighted by molar-refractivity contribution is 6.01. The van der Waals surface area contributed by atoms with E-state index in [0.29, 0.717) is 48.4 Å². The molecule has 11 nitrogen and oxygen atoms in total. The van der Waals surface area contributed by atoms with Crippen LogP contribution in [-0.4, -0.2) is 78.8 Å². The molecule has 0 fully saturated rings. The summed E-state index contributed by atoms with van der Waals surface area (Å²) in [5, 5.41) is 14.8. The summed E-state index contributed by atoms with van der Waals surface area (Å²) >= 11 is 0. The molecule has 2 aromatic rings. The number of nitrogens with one attached hydrogen (secondary N) is 2. The molecular formula is C24H30N8O3. The number of hydrogen-bond acceptors (Lipinski definition) is 8. The molecule has 11 heteroatoms. The maximum absolute atomic E-state index is 13.1. The molecule has 0 saturated heterocycles. The average Bonchev–Trinajstić information content (AvgIpc) is 2.85. The van der Waals surface area contributed by atoms with E-state index < -0.39 is 6.03 Å². The van der Waals surface area contributed by atoms with Crippen molar-refractivity contribution < 1.29 is 14.4 Å². The van der Waals surface area contributed by atoms with E-state index in [9.17, 15) is 14.4 Å². The number of fused-ring (bicyclic) bond motifs is 1. The summed E-state index contributed by atoms with van der Waals surface area (Å²) in [7, 11) is 5.34. The van der Waals surface area contributed by atoms with E-state index in [1.54, 1.807) is 22.9 Å². The summed E-state index contributed by atoms with van der Waals surface area (Å²) in [5.74, 6) is 0.671. The van der Waals surface area contributed by atoms with Crippen LogP contribution in [0.15, 0.2) is 18.3 Å². The van der Waals surface area contributed by atoms with E-state index in [2.05, 4.69) is 20.6 Å². The number of hydrogen-bond donors (Lipinski definition) is 2. The summed E-state index contributed by atoms with van der Waals surface area (Å²) in [4.78, 5) is 51.2. The fraction of sp³-hybridized carbons (Fsp3) is 0.417. The SMILES string of the molecule is CCN(Cc1cc2c(nc1C=O)N(C(=O)Nc1cc(NC)c(C#N)cn1)CCC2)C(=O)CN(C)C. The molecule has 0 aliphatic carbocycles. The third-order valence-electron chi connectivity index (χ3n) is 5.71. The minimum Gasteiger partial charge on any atom is -0.387 e. The average molecular weight is 479 g/mol. The van der Waals surface area contributed by atoms with Crippen LogP contribution >= 0.6 is 0 Å². The Bertz CT molecular complexity index is 1160. The van der Waals surface area contributed by atoms with Gasteiger partial charge in [-0.1, -0.05) is 0 Å². The van der Waals surface area contributed by atoms with E-state index in [0.717, 1.165) is 12.0 Å². The van der Waals surface area contributed by atoms with Gasteiger partial charge in [-0.15, -0.1) is 0 Å². The Kier molecular flexibility index (Phi) is 8.33. The number of aldehydes is 1. The first kappa shape index (κ1) is 25.6. The van der Waals surface area contributed by atoms with Gasteiger partial charge >= 0.3 is 6.03 Å². The van der Waals surface area contributed by atoms with Crippen LogP contribution in [0.3, 0.4) is 0 Å². The Morgan fingerprint density at radius 2 is 2.09 bits per heavy atom. The number of likely N-dealkylation sites (N-methyl/N-ethyl adjacent to an activating group) is 2. The van der Waals surface area contributed by atoms with Gasteiger partial charge in [0.15, 0.2) is 6.29 Å². The smallest absolute Gasteiger partial charge is 0.328 e. The largest absolute Gasteiger partial charge is 0.387 e. The van der Waals surface area contributed by atoms with E-state index in [1.165, 1.54) is 11.1 Å². The van der Waals surface area contributed by atoms with Crippen LogP contribution in [0, 0.1) is 11.3 Å². The standard InChI is InChI=1S/C24H30N8O3/c1-5-31(22(34)14-30(3)4)13-17-9-16-7-6-8-32(23(16)28-20(17)15-33)24(35)29-21-10-19(26-2)18(11-25)12-27-21/h9-10,12,15H,5-8,13-14H2,1-4H3,(H2,26,27,29,35). The molecule has 184 valence electrons. The molecule has 3 rings (SSSR count). The number of pyridine rings is 2. The van der Waals surface area contributed by atoms with Gasteiger partial charge in [-0.2, -0.15) is 5.26 Å². The van der Waals surface area contributed by atoms with Crippen molar-refractivity contribution in [1.82, 2.24) is 19.8 Å². The number of aryl methyl sites for hydroxylation is 1. The summed E-state index contributed by atoms with van der Waals surface area (Å²) in [6.45, 7) is 3.37. The number of carbonyl (C=O) groups excluding carboxylic acids is 3. The molecule has 0 spiro atoms. The zero-order chi connectivity index (χ0) is 25.5. The molecule has 2 N–H and O–H groups in total. The number of nitrogens with zero attached hydrogens (tertiary/aromatic N) is 6. The number of carbonyl (C=O) groups is 3. The molecule has 35 heavy (non-hydrogen) atoms.